The van der Waals surface area contributed by atoms with Gasteiger partial charge < -0.3 is 16.0 Å². The Kier molecular flexibility index (Phi) is 10.9. The molecule has 0 spiro atoms. The molecule has 0 aliphatic rings. The minimum Gasteiger partial charge on any atom is -0.352 e. The second kappa shape index (κ2) is 14.3. The second-order valence-corrected chi connectivity index (χ2v) is 9.95. The normalized spacial score (nSPS) is 12.1. The number of aryl methyl sites for hydroxylation is 1. The van der Waals surface area contributed by atoms with Crippen LogP contribution in [0.5, 0.6) is 0 Å². The average molecular weight is 554 g/mol. The maximum atomic E-state index is 13.4. The third kappa shape index (κ3) is 9.55. The molecule has 0 aromatic heterocycles. The lowest BCUT2D eigenvalue weighted by molar-refractivity contribution is -0.139. The fourth-order valence-corrected chi connectivity index (χ4v) is 4.29. The zero-order valence-corrected chi connectivity index (χ0v) is 22.6. The van der Waals surface area contributed by atoms with Gasteiger partial charge in [0.2, 0.25) is 11.8 Å². The first-order valence-corrected chi connectivity index (χ1v) is 13.2. The van der Waals surface area contributed by atoms with Crippen LogP contribution in [0.2, 0.25) is 0 Å². The molecule has 212 valence electrons. The molecule has 3 rings (SSSR count). The minimum absolute atomic E-state index is 0.0524. The highest BCUT2D eigenvalue weighted by Gasteiger charge is 2.31. The van der Waals surface area contributed by atoms with E-state index in [4.69, 9.17) is 0 Å². The predicted octanol–water partition coefficient (Wildman–Crippen LogP) is 5.43. The van der Waals surface area contributed by atoms with Gasteiger partial charge in [-0.2, -0.15) is 13.2 Å². The summed E-state index contributed by atoms with van der Waals surface area (Å²) in [5.41, 5.74) is 3.42. The molecule has 0 fully saturated rings. The standard InChI is InChI=1S/C31H34F3N3O3/c1-21(2)18-27(30(40)36-20-31(32,33)34)37-29(39)26-15-9-8-14-25(26)24-13-7-6-12-23(24)19-35-28(38)17-16-22-10-4-3-5-11-22/h3-15,21,27H,16-20H2,1-2H3,(H,35,38)(H,36,40)(H,37,39)/t27-/m0/s1. The van der Waals surface area contributed by atoms with Crippen LogP contribution in [0.15, 0.2) is 78.9 Å². The van der Waals surface area contributed by atoms with Crippen molar-refractivity contribution in [3.8, 4) is 11.1 Å². The van der Waals surface area contributed by atoms with E-state index < -0.39 is 30.6 Å². The lowest BCUT2D eigenvalue weighted by Gasteiger charge is -2.22. The Balaban J connectivity index is 1.75. The molecule has 9 heteroatoms. The van der Waals surface area contributed by atoms with E-state index in [1.54, 1.807) is 24.3 Å². The van der Waals surface area contributed by atoms with E-state index in [-0.39, 0.29) is 30.4 Å². The summed E-state index contributed by atoms with van der Waals surface area (Å²) in [6.07, 6.45) is -3.44. The number of rotatable bonds is 12. The Morgan fingerprint density at radius 1 is 0.800 bits per heavy atom. The summed E-state index contributed by atoms with van der Waals surface area (Å²) < 4.78 is 38.0. The summed E-state index contributed by atoms with van der Waals surface area (Å²) in [5.74, 6) is -1.63. The number of nitrogens with one attached hydrogen (secondary N) is 3. The second-order valence-electron chi connectivity index (χ2n) is 9.95. The van der Waals surface area contributed by atoms with Crippen molar-refractivity contribution in [3.63, 3.8) is 0 Å². The number of alkyl halides is 3. The van der Waals surface area contributed by atoms with E-state index in [1.807, 2.05) is 73.8 Å². The predicted molar refractivity (Wildman–Crippen MR) is 148 cm³/mol. The fraction of sp³-hybridized carbons (Fsp3) is 0.323. The maximum Gasteiger partial charge on any atom is 0.405 e. The first-order valence-electron chi connectivity index (χ1n) is 13.2. The molecule has 3 aromatic rings. The number of amides is 3. The summed E-state index contributed by atoms with van der Waals surface area (Å²) in [5, 5.41) is 7.43. The van der Waals surface area contributed by atoms with E-state index in [9.17, 15) is 27.6 Å². The van der Waals surface area contributed by atoms with Gasteiger partial charge in [-0.25, -0.2) is 0 Å². The molecule has 0 radical (unpaired) electrons. The number of hydrogen-bond acceptors (Lipinski definition) is 3. The van der Waals surface area contributed by atoms with Gasteiger partial charge in [0.05, 0.1) is 0 Å². The molecule has 0 saturated carbocycles. The van der Waals surface area contributed by atoms with Crippen molar-refractivity contribution in [3.05, 3.63) is 95.6 Å². The van der Waals surface area contributed by atoms with E-state index in [0.29, 0.717) is 18.4 Å². The number of hydrogen-bond donors (Lipinski definition) is 3. The molecule has 1 atom stereocenters. The summed E-state index contributed by atoms with van der Waals surface area (Å²) in [6, 6.07) is 22.7. The van der Waals surface area contributed by atoms with Crippen molar-refractivity contribution in [2.24, 2.45) is 5.92 Å². The molecule has 0 aliphatic heterocycles. The Morgan fingerprint density at radius 3 is 2.10 bits per heavy atom. The van der Waals surface area contributed by atoms with Crippen molar-refractivity contribution < 1.29 is 27.6 Å². The van der Waals surface area contributed by atoms with Crippen molar-refractivity contribution in [2.45, 2.75) is 51.9 Å². The molecule has 6 nitrogen and oxygen atoms in total. The third-order valence-corrected chi connectivity index (χ3v) is 6.23. The molecular formula is C31H34F3N3O3. The number of halogens is 3. The molecule has 3 aromatic carbocycles. The highest BCUT2D eigenvalue weighted by Crippen LogP contribution is 2.27. The molecule has 0 bridgehead atoms. The van der Waals surface area contributed by atoms with Gasteiger partial charge in [-0.3, -0.25) is 14.4 Å². The van der Waals surface area contributed by atoms with Gasteiger partial charge in [0, 0.05) is 18.5 Å². The molecular weight excluding hydrogens is 519 g/mol. The van der Waals surface area contributed by atoms with Crippen LogP contribution in [0.1, 0.15) is 48.2 Å². The molecule has 0 heterocycles. The molecule has 3 N–H and O–H groups in total. The molecule has 0 unspecified atom stereocenters. The highest BCUT2D eigenvalue weighted by atomic mass is 19.4. The average Bonchev–Trinajstić information content (AvgIpc) is 2.93. The van der Waals surface area contributed by atoms with Crippen molar-refractivity contribution in [1.29, 1.82) is 0 Å². The Labute approximate surface area is 232 Å². The number of carbonyl (C=O) groups is 3. The van der Waals surface area contributed by atoms with Gasteiger partial charge in [0.1, 0.15) is 12.6 Å². The fourth-order valence-electron chi connectivity index (χ4n) is 4.29. The van der Waals surface area contributed by atoms with Crippen LogP contribution in [0.3, 0.4) is 0 Å². The SMILES string of the molecule is CC(C)C[C@H](NC(=O)c1ccccc1-c1ccccc1CNC(=O)CCc1ccccc1)C(=O)NCC(F)(F)F. The van der Waals surface area contributed by atoms with Gasteiger partial charge in [0.25, 0.3) is 5.91 Å². The van der Waals surface area contributed by atoms with Gasteiger partial charge >= 0.3 is 6.18 Å². The zero-order chi connectivity index (χ0) is 29.1. The van der Waals surface area contributed by atoms with Crippen LogP contribution in [0.4, 0.5) is 13.2 Å². The van der Waals surface area contributed by atoms with Gasteiger partial charge in [-0.05, 0) is 47.1 Å². The Bertz CT molecular complexity index is 1290. The van der Waals surface area contributed by atoms with E-state index in [2.05, 4.69) is 10.6 Å². The van der Waals surface area contributed by atoms with Gasteiger partial charge in [-0.1, -0.05) is 86.6 Å². The Hall–Kier alpha value is -4.14. The molecule has 3 amide bonds. The van der Waals surface area contributed by atoms with Crippen molar-refractivity contribution in [1.82, 2.24) is 16.0 Å². The summed E-state index contributed by atoms with van der Waals surface area (Å²) >= 11 is 0. The minimum atomic E-state index is -4.56. The lowest BCUT2D eigenvalue weighted by atomic mass is 9.94. The Morgan fingerprint density at radius 2 is 1.43 bits per heavy atom. The summed E-state index contributed by atoms with van der Waals surface area (Å²) in [6.45, 7) is 2.40. The van der Waals surface area contributed by atoms with E-state index in [0.717, 1.165) is 16.7 Å². The molecule has 0 saturated heterocycles. The lowest BCUT2D eigenvalue weighted by Crippen LogP contribution is -2.49. The monoisotopic (exact) mass is 553 g/mol. The quantitative estimate of drug-likeness (QED) is 0.280. The topological polar surface area (TPSA) is 87.3 Å². The first-order chi connectivity index (χ1) is 19.0. The van der Waals surface area contributed by atoms with Crippen LogP contribution in [0.25, 0.3) is 11.1 Å². The summed E-state index contributed by atoms with van der Waals surface area (Å²) in [7, 11) is 0. The van der Waals surface area contributed by atoms with Crippen LogP contribution in [-0.4, -0.2) is 36.5 Å². The van der Waals surface area contributed by atoms with Crippen LogP contribution < -0.4 is 16.0 Å². The smallest absolute Gasteiger partial charge is 0.352 e. The molecule has 40 heavy (non-hydrogen) atoms. The maximum absolute atomic E-state index is 13.4. The highest BCUT2D eigenvalue weighted by molar-refractivity contribution is 6.03. The number of carbonyl (C=O) groups excluding carboxylic acids is 3. The summed E-state index contributed by atoms with van der Waals surface area (Å²) in [4.78, 5) is 38.4. The third-order valence-electron chi connectivity index (χ3n) is 6.23. The number of benzene rings is 3. The van der Waals surface area contributed by atoms with Crippen molar-refractivity contribution in [2.75, 3.05) is 6.54 Å². The van der Waals surface area contributed by atoms with Crippen molar-refractivity contribution >= 4 is 17.7 Å². The molecule has 0 aliphatic carbocycles. The first kappa shape index (κ1) is 30.4. The van der Waals surface area contributed by atoms with E-state index >= 15 is 0 Å². The van der Waals surface area contributed by atoms with Gasteiger partial charge in [0.15, 0.2) is 0 Å². The van der Waals surface area contributed by atoms with Gasteiger partial charge in [-0.15, -0.1) is 0 Å². The van der Waals surface area contributed by atoms with Crippen LogP contribution >= 0.6 is 0 Å². The van der Waals surface area contributed by atoms with Crippen LogP contribution in [0, 0.1) is 5.92 Å². The zero-order valence-electron chi connectivity index (χ0n) is 22.6. The largest absolute Gasteiger partial charge is 0.405 e. The van der Waals surface area contributed by atoms with Crippen LogP contribution in [-0.2, 0) is 22.6 Å². The van der Waals surface area contributed by atoms with E-state index in [1.165, 1.54) is 0 Å².